The van der Waals surface area contributed by atoms with Crippen molar-refractivity contribution in [3.63, 3.8) is 0 Å². The third-order valence-electron chi connectivity index (χ3n) is 4.04. The minimum Gasteiger partial charge on any atom is -0.399 e. The van der Waals surface area contributed by atoms with Gasteiger partial charge in [-0.05, 0) is 49.1 Å². The van der Waals surface area contributed by atoms with Crippen molar-refractivity contribution in [3.8, 4) is 0 Å². The smallest absolute Gasteiger partial charge is 0.224 e. The molecule has 0 aliphatic heterocycles. The molecule has 2 aromatic carbocycles. The molecule has 0 aliphatic carbocycles. The molecule has 26 heavy (non-hydrogen) atoms. The van der Waals surface area contributed by atoms with Crippen molar-refractivity contribution in [3.05, 3.63) is 53.6 Å². The monoisotopic (exact) mass is 375 g/mol. The molecule has 6 heteroatoms. The molecule has 4 N–H and O–H groups in total. The van der Waals surface area contributed by atoms with E-state index in [4.69, 9.17) is 5.73 Å². The van der Waals surface area contributed by atoms with Crippen LogP contribution in [0.2, 0.25) is 0 Å². The number of nitrogen functional groups attached to an aromatic ring is 1. The van der Waals surface area contributed by atoms with Crippen LogP contribution in [0, 0.1) is 6.92 Å². The number of carbonyl (C=O) groups is 2. The predicted octanol–water partition coefficient (Wildman–Crippen LogP) is 4.31. The fraction of sp³-hybridized carbons (Fsp3) is 0.300. The van der Waals surface area contributed by atoms with Crippen molar-refractivity contribution >= 4 is 41.3 Å². The van der Waals surface area contributed by atoms with E-state index in [0.29, 0.717) is 30.6 Å². The number of hydrogen-bond acceptors (Lipinski definition) is 3. The first kappa shape index (κ1) is 21.5. The van der Waals surface area contributed by atoms with Crippen molar-refractivity contribution in [2.75, 3.05) is 16.4 Å². The zero-order chi connectivity index (χ0) is 18.2. The molecule has 140 valence electrons. The quantitative estimate of drug-likeness (QED) is 0.630. The van der Waals surface area contributed by atoms with Gasteiger partial charge in [0.1, 0.15) is 0 Å². The Hall–Kier alpha value is -2.53. The van der Waals surface area contributed by atoms with Crippen LogP contribution in [0.5, 0.6) is 0 Å². The van der Waals surface area contributed by atoms with Crippen LogP contribution in [0.15, 0.2) is 42.5 Å². The van der Waals surface area contributed by atoms with Crippen molar-refractivity contribution in [1.29, 1.82) is 0 Å². The predicted molar refractivity (Wildman–Crippen MR) is 110 cm³/mol. The summed E-state index contributed by atoms with van der Waals surface area (Å²) in [4.78, 5) is 24.0. The third kappa shape index (κ3) is 6.08. The lowest BCUT2D eigenvalue weighted by Gasteiger charge is -2.13. The molecule has 0 fully saturated rings. The van der Waals surface area contributed by atoms with E-state index in [-0.39, 0.29) is 24.2 Å². The van der Waals surface area contributed by atoms with Crippen LogP contribution in [-0.2, 0) is 16.0 Å². The second-order valence-corrected chi connectivity index (χ2v) is 6.02. The summed E-state index contributed by atoms with van der Waals surface area (Å²) in [5.41, 5.74) is 9.85. The average molecular weight is 376 g/mol. The number of benzene rings is 2. The van der Waals surface area contributed by atoms with E-state index >= 15 is 0 Å². The Balaban J connectivity index is 0.00000338. The van der Waals surface area contributed by atoms with Gasteiger partial charge in [-0.15, -0.1) is 12.4 Å². The molecule has 0 aromatic heterocycles. The Labute approximate surface area is 160 Å². The van der Waals surface area contributed by atoms with Crippen molar-refractivity contribution in [2.24, 2.45) is 0 Å². The maximum atomic E-state index is 12.2. The molecule has 0 radical (unpaired) electrons. The standard InChI is InChI=1S/C20H25N3O2.ClH/c1-3-7-19(24)22-17-10-6-11-18(14(17)2)23-20(25)13-12-15-8-4-5-9-16(15)21;/h4-6,8-11H,3,7,12-13,21H2,1-2H3,(H,22,24)(H,23,25);1H. The van der Waals surface area contributed by atoms with Crippen LogP contribution in [0.1, 0.15) is 37.3 Å². The molecular formula is C20H26ClN3O2. The summed E-state index contributed by atoms with van der Waals surface area (Å²) in [6, 6.07) is 13.0. The van der Waals surface area contributed by atoms with Crippen LogP contribution < -0.4 is 16.4 Å². The van der Waals surface area contributed by atoms with Crippen molar-refractivity contribution < 1.29 is 9.59 Å². The highest BCUT2D eigenvalue weighted by Crippen LogP contribution is 2.24. The molecule has 5 nitrogen and oxygen atoms in total. The third-order valence-corrected chi connectivity index (χ3v) is 4.04. The highest BCUT2D eigenvalue weighted by molar-refractivity contribution is 5.95. The van der Waals surface area contributed by atoms with Gasteiger partial charge in [-0.2, -0.15) is 0 Å². The molecule has 0 saturated heterocycles. The Morgan fingerprint density at radius 1 is 0.923 bits per heavy atom. The summed E-state index contributed by atoms with van der Waals surface area (Å²) in [7, 11) is 0. The number of carbonyl (C=O) groups excluding carboxylic acids is 2. The number of halogens is 1. The Kier molecular flexibility index (Phi) is 8.65. The lowest BCUT2D eigenvalue weighted by Crippen LogP contribution is -2.15. The van der Waals surface area contributed by atoms with Crippen LogP contribution in [-0.4, -0.2) is 11.8 Å². The summed E-state index contributed by atoms with van der Waals surface area (Å²) in [5, 5.41) is 5.80. The van der Waals surface area contributed by atoms with E-state index in [1.165, 1.54) is 0 Å². The van der Waals surface area contributed by atoms with Crippen LogP contribution in [0.25, 0.3) is 0 Å². The van der Waals surface area contributed by atoms with E-state index in [1.54, 1.807) is 0 Å². The second kappa shape index (κ2) is 10.5. The number of hydrogen-bond donors (Lipinski definition) is 3. The molecule has 0 atom stereocenters. The van der Waals surface area contributed by atoms with Crippen molar-refractivity contribution in [2.45, 2.75) is 39.5 Å². The first-order valence-corrected chi connectivity index (χ1v) is 8.54. The van der Waals surface area contributed by atoms with Crippen LogP contribution in [0.4, 0.5) is 17.1 Å². The molecule has 0 unspecified atom stereocenters. The van der Waals surface area contributed by atoms with Crippen LogP contribution >= 0.6 is 12.4 Å². The van der Waals surface area contributed by atoms with Crippen LogP contribution in [0.3, 0.4) is 0 Å². The Morgan fingerprint density at radius 2 is 1.50 bits per heavy atom. The van der Waals surface area contributed by atoms with Gasteiger partial charge in [0.25, 0.3) is 0 Å². The number of nitrogens with one attached hydrogen (secondary N) is 2. The van der Waals surface area contributed by atoms with Crippen molar-refractivity contribution in [1.82, 2.24) is 0 Å². The van der Waals surface area contributed by atoms with Gasteiger partial charge in [0.2, 0.25) is 11.8 Å². The van der Waals surface area contributed by atoms with Gasteiger partial charge < -0.3 is 16.4 Å². The zero-order valence-corrected chi connectivity index (χ0v) is 16.0. The zero-order valence-electron chi connectivity index (χ0n) is 15.2. The lowest BCUT2D eigenvalue weighted by atomic mass is 10.1. The molecule has 0 spiro atoms. The number of anilines is 3. The van der Waals surface area contributed by atoms with E-state index in [0.717, 1.165) is 23.2 Å². The van der Waals surface area contributed by atoms with E-state index in [1.807, 2.05) is 56.3 Å². The topological polar surface area (TPSA) is 84.2 Å². The van der Waals surface area contributed by atoms with Gasteiger partial charge in [-0.1, -0.05) is 31.2 Å². The van der Waals surface area contributed by atoms with E-state index < -0.39 is 0 Å². The van der Waals surface area contributed by atoms with Gasteiger partial charge in [-0.25, -0.2) is 0 Å². The fourth-order valence-electron chi connectivity index (χ4n) is 2.57. The average Bonchev–Trinajstić information content (AvgIpc) is 2.58. The molecule has 2 amide bonds. The van der Waals surface area contributed by atoms with E-state index in [9.17, 15) is 9.59 Å². The highest BCUT2D eigenvalue weighted by Gasteiger charge is 2.10. The summed E-state index contributed by atoms with van der Waals surface area (Å²) in [6.45, 7) is 3.84. The summed E-state index contributed by atoms with van der Waals surface area (Å²) < 4.78 is 0. The molecule has 0 heterocycles. The number of rotatable bonds is 7. The van der Waals surface area contributed by atoms with Gasteiger partial charge in [0.15, 0.2) is 0 Å². The van der Waals surface area contributed by atoms with Gasteiger partial charge >= 0.3 is 0 Å². The number of nitrogens with two attached hydrogens (primary N) is 1. The van der Waals surface area contributed by atoms with Gasteiger partial charge in [0, 0.05) is 29.9 Å². The minimum absolute atomic E-state index is 0. The molecule has 0 saturated carbocycles. The summed E-state index contributed by atoms with van der Waals surface area (Å²) >= 11 is 0. The fourth-order valence-corrected chi connectivity index (χ4v) is 2.57. The second-order valence-electron chi connectivity index (χ2n) is 6.02. The Bertz CT molecular complexity index is 762. The maximum Gasteiger partial charge on any atom is 0.224 e. The Morgan fingerprint density at radius 3 is 2.08 bits per heavy atom. The molecular weight excluding hydrogens is 350 g/mol. The lowest BCUT2D eigenvalue weighted by molar-refractivity contribution is -0.117. The van der Waals surface area contributed by atoms with Gasteiger partial charge in [0.05, 0.1) is 0 Å². The minimum atomic E-state index is -0.0802. The summed E-state index contributed by atoms with van der Waals surface area (Å²) in [5.74, 6) is -0.1000. The molecule has 0 bridgehead atoms. The number of aryl methyl sites for hydroxylation is 1. The largest absolute Gasteiger partial charge is 0.399 e. The van der Waals surface area contributed by atoms with E-state index in [2.05, 4.69) is 10.6 Å². The normalized spacial score (nSPS) is 9.92. The number of amides is 2. The maximum absolute atomic E-state index is 12.2. The molecule has 2 aromatic rings. The SMILES string of the molecule is CCCC(=O)Nc1cccc(NC(=O)CCc2ccccc2N)c1C.Cl. The first-order chi connectivity index (χ1) is 12.0. The summed E-state index contributed by atoms with van der Waals surface area (Å²) in [6.07, 6.45) is 2.21. The molecule has 0 aliphatic rings. The first-order valence-electron chi connectivity index (χ1n) is 8.54. The van der Waals surface area contributed by atoms with Gasteiger partial charge in [-0.3, -0.25) is 9.59 Å². The molecule has 2 rings (SSSR count). The highest BCUT2D eigenvalue weighted by atomic mass is 35.5. The number of para-hydroxylation sites is 1.